The summed E-state index contributed by atoms with van der Waals surface area (Å²) in [6, 6.07) is 1.98. The molecule has 92 valence electrons. The number of anilines is 2. The van der Waals surface area contributed by atoms with Crippen molar-refractivity contribution < 1.29 is 4.79 Å². The van der Waals surface area contributed by atoms with Gasteiger partial charge in [-0.2, -0.15) is 4.98 Å². The van der Waals surface area contributed by atoms with E-state index in [0.29, 0.717) is 24.9 Å². The van der Waals surface area contributed by atoms with Gasteiger partial charge in [-0.1, -0.05) is 0 Å². The van der Waals surface area contributed by atoms with Crippen LogP contribution < -0.4 is 15.5 Å². The third-order valence-electron chi connectivity index (χ3n) is 2.39. The molecule has 6 nitrogen and oxygen atoms in total. The highest BCUT2D eigenvalue weighted by atomic mass is 16.2. The van der Waals surface area contributed by atoms with Gasteiger partial charge in [0.05, 0.1) is 0 Å². The lowest BCUT2D eigenvalue weighted by atomic mass is 10.4. The van der Waals surface area contributed by atoms with E-state index in [1.165, 1.54) is 0 Å². The molecule has 0 atom stereocenters. The first-order chi connectivity index (χ1) is 8.06. The lowest BCUT2D eigenvalue weighted by Crippen LogP contribution is -2.29. The predicted octanol–water partition coefficient (Wildman–Crippen LogP) is 1.13. The van der Waals surface area contributed by atoms with E-state index in [9.17, 15) is 4.79 Å². The Kier molecular flexibility index (Phi) is 3.12. The van der Waals surface area contributed by atoms with E-state index in [-0.39, 0.29) is 12.1 Å². The molecule has 2 heterocycles. The highest BCUT2D eigenvalue weighted by Crippen LogP contribution is 2.16. The van der Waals surface area contributed by atoms with Gasteiger partial charge in [0.25, 0.3) is 0 Å². The minimum Gasteiger partial charge on any atom is -0.352 e. The smallest absolute Gasteiger partial charge is 0.323 e. The minimum absolute atomic E-state index is 0.0985. The van der Waals surface area contributed by atoms with E-state index < -0.39 is 0 Å². The number of carbonyl (C=O) groups is 1. The summed E-state index contributed by atoms with van der Waals surface area (Å²) in [6.07, 6.45) is 0. The molecular formula is C11H17N5O. The fraction of sp³-hybridized carbons (Fsp3) is 0.545. The number of urea groups is 1. The number of aryl methyl sites for hydroxylation is 1. The number of amides is 2. The molecule has 0 unspecified atom stereocenters. The summed E-state index contributed by atoms with van der Waals surface area (Å²) in [6.45, 7) is 7.25. The highest BCUT2D eigenvalue weighted by molar-refractivity contribution is 5.93. The molecule has 0 radical (unpaired) electrons. The van der Waals surface area contributed by atoms with Crippen LogP contribution in [0.25, 0.3) is 0 Å². The van der Waals surface area contributed by atoms with Crippen LogP contribution in [0, 0.1) is 6.92 Å². The van der Waals surface area contributed by atoms with Gasteiger partial charge in [0.15, 0.2) is 0 Å². The lowest BCUT2D eigenvalue weighted by Gasteiger charge is -2.16. The summed E-state index contributed by atoms with van der Waals surface area (Å²) in [5, 5.41) is 5.90. The molecule has 1 aromatic rings. The zero-order chi connectivity index (χ0) is 12.4. The summed E-state index contributed by atoms with van der Waals surface area (Å²) in [5.41, 5.74) is 0.845. The van der Waals surface area contributed by atoms with Crippen LogP contribution in [0.1, 0.15) is 19.5 Å². The number of hydrogen-bond acceptors (Lipinski definition) is 4. The maximum absolute atomic E-state index is 11.6. The van der Waals surface area contributed by atoms with Crippen molar-refractivity contribution in [2.45, 2.75) is 26.8 Å². The van der Waals surface area contributed by atoms with Gasteiger partial charge >= 0.3 is 6.03 Å². The summed E-state index contributed by atoms with van der Waals surface area (Å²) in [5.74, 6) is 1.21. The molecule has 1 aliphatic rings. The van der Waals surface area contributed by atoms with Gasteiger partial charge in [0, 0.05) is 30.9 Å². The second kappa shape index (κ2) is 4.57. The Morgan fingerprint density at radius 2 is 2.24 bits per heavy atom. The van der Waals surface area contributed by atoms with Crippen molar-refractivity contribution in [3.63, 3.8) is 0 Å². The Bertz CT molecular complexity index is 432. The molecule has 2 rings (SSSR count). The molecule has 6 heteroatoms. The van der Waals surface area contributed by atoms with E-state index in [1.54, 1.807) is 4.90 Å². The first-order valence-corrected chi connectivity index (χ1v) is 5.74. The van der Waals surface area contributed by atoms with E-state index in [4.69, 9.17) is 0 Å². The number of nitrogens with zero attached hydrogens (tertiary/aromatic N) is 3. The molecule has 1 saturated heterocycles. The van der Waals surface area contributed by atoms with Crippen LogP contribution in [0.3, 0.4) is 0 Å². The summed E-state index contributed by atoms with van der Waals surface area (Å²) >= 11 is 0. The van der Waals surface area contributed by atoms with E-state index in [1.807, 2.05) is 26.8 Å². The van der Waals surface area contributed by atoms with Crippen LogP contribution >= 0.6 is 0 Å². The number of nitrogens with one attached hydrogen (secondary N) is 2. The largest absolute Gasteiger partial charge is 0.352 e. The molecule has 0 bridgehead atoms. The molecule has 17 heavy (non-hydrogen) atoms. The molecule has 2 N–H and O–H groups in total. The van der Waals surface area contributed by atoms with Crippen molar-refractivity contribution in [1.29, 1.82) is 0 Å². The lowest BCUT2D eigenvalue weighted by molar-refractivity contribution is 0.252. The first-order valence-electron chi connectivity index (χ1n) is 5.74. The van der Waals surface area contributed by atoms with E-state index >= 15 is 0 Å². The van der Waals surface area contributed by atoms with Crippen molar-refractivity contribution in [2.24, 2.45) is 0 Å². The molecule has 2 amide bonds. The molecule has 0 aliphatic carbocycles. The Morgan fingerprint density at radius 1 is 1.47 bits per heavy atom. The Morgan fingerprint density at radius 3 is 2.82 bits per heavy atom. The third-order valence-corrected chi connectivity index (χ3v) is 2.39. The zero-order valence-electron chi connectivity index (χ0n) is 10.3. The fourth-order valence-corrected chi connectivity index (χ4v) is 1.70. The number of hydrogen-bond donors (Lipinski definition) is 2. The molecular weight excluding hydrogens is 218 g/mol. The van der Waals surface area contributed by atoms with Crippen LogP contribution in [-0.4, -0.2) is 35.1 Å². The molecule has 0 saturated carbocycles. The number of carbonyl (C=O) groups excluding carboxylic acids is 1. The SMILES string of the molecule is Cc1cc(N2CCNC2=O)nc(NC(C)C)n1. The molecule has 0 spiro atoms. The van der Waals surface area contributed by atoms with Crippen molar-refractivity contribution in [2.75, 3.05) is 23.3 Å². The van der Waals surface area contributed by atoms with Gasteiger partial charge in [-0.15, -0.1) is 0 Å². The minimum atomic E-state index is -0.0985. The van der Waals surface area contributed by atoms with Crippen LogP contribution in [0.15, 0.2) is 6.07 Å². The van der Waals surface area contributed by atoms with Gasteiger partial charge < -0.3 is 10.6 Å². The third kappa shape index (κ3) is 2.64. The summed E-state index contributed by atoms with van der Waals surface area (Å²) in [7, 11) is 0. The summed E-state index contributed by atoms with van der Waals surface area (Å²) < 4.78 is 0. The van der Waals surface area contributed by atoms with Gasteiger partial charge in [-0.05, 0) is 20.8 Å². The fourth-order valence-electron chi connectivity index (χ4n) is 1.70. The normalized spacial score (nSPS) is 15.3. The topological polar surface area (TPSA) is 70.2 Å². The Hall–Kier alpha value is -1.85. The number of aromatic nitrogens is 2. The standard InChI is InChI=1S/C11H17N5O/c1-7(2)13-10-14-8(3)6-9(15-10)16-5-4-12-11(16)17/h6-7H,4-5H2,1-3H3,(H,12,17)(H,13,14,15). The second-order valence-corrected chi connectivity index (χ2v) is 4.37. The Labute approximate surface area is 100 Å². The van der Waals surface area contributed by atoms with Crippen molar-refractivity contribution in [1.82, 2.24) is 15.3 Å². The van der Waals surface area contributed by atoms with E-state index in [2.05, 4.69) is 20.6 Å². The van der Waals surface area contributed by atoms with E-state index in [0.717, 1.165) is 5.69 Å². The highest BCUT2D eigenvalue weighted by Gasteiger charge is 2.23. The second-order valence-electron chi connectivity index (χ2n) is 4.37. The first kappa shape index (κ1) is 11.6. The van der Waals surface area contributed by atoms with Crippen molar-refractivity contribution in [3.8, 4) is 0 Å². The van der Waals surface area contributed by atoms with Crippen molar-refractivity contribution >= 4 is 17.8 Å². The molecule has 1 aliphatic heterocycles. The van der Waals surface area contributed by atoms with Crippen LogP contribution in [0.5, 0.6) is 0 Å². The van der Waals surface area contributed by atoms with Gasteiger partial charge in [0.1, 0.15) is 5.82 Å². The quantitative estimate of drug-likeness (QED) is 0.824. The zero-order valence-corrected chi connectivity index (χ0v) is 10.3. The van der Waals surface area contributed by atoms with Gasteiger partial charge in [-0.25, -0.2) is 9.78 Å². The average molecular weight is 235 g/mol. The molecule has 1 aromatic heterocycles. The maximum atomic E-state index is 11.6. The molecule has 0 aromatic carbocycles. The maximum Gasteiger partial charge on any atom is 0.323 e. The van der Waals surface area contributed by atoms with Gasteiger partial charge in [-0.3, -0.25) is 4.90 Å². The average Bonchev–Trinajstić information content (AvgIpc) is 2.62. The molecule has 1 fully saturated rings. The van der Waals surface area contributed by atoms with Crippen molar-refractivity contribution in [3.05, 3.63) is 11.8 Å². The van der Waals surface area contributed by atoms with Crippen LogP contribution in [0.4, 0.5) is 16.6 Å². The Balaban J connectivity index is 2.27. The van der Waals surface area contributed by atoms with Crippen LogP contribution in [0.2, 0.25) is 0 Å². The van der Waals surface area contributed by atoms with Crippen LogP contribution in [-0.2, 0) is 0 Å². The van der Waals surface area contributed by atoms with Gasteiger partial charge in [0.2, 0.25) is 5.95 Å². The monoisotopic (exact) mass is 235 g/mol. The summed E-state index contributed by atoms with van der Waals surface area (Å²) in [4.78, 5) is 21.8. The number of rotatable bonds is 3. The predicted molar refractivity (Wildman–Crippen MR) is 66.3 cm³/mol.